The van der Waals surface area contributed by atoms with Gasteiger partial charge < -0.3 is 4.90 Å². The van der Waals surface area contributed by atoms with Gasteiger partial charge in [-0.3, -0.25) is 4.90 Å². The van der Waals surface area contributed by atoms with Crippen LogP contribution in [0, 0.1) is 0 Å². The van der Waals surface area contributed by atoms with Crippen LogP contribution in [0.1, 0.15) is 19.3 Å². The average molecular weight is 294 g/mol. The molecule has 3 heterocycles. The number of anilines is 1. The highest BCUT2D eigenvalue weighted by atomic mass is 15.3. The van der Waals surface area contributed by atoms with Gasteiger partial charge in [0, 0.05) is 30.7 Å². The van der Waals surface area contributed by atoms with Gasteiger partial charge in [0.1, 0.15) is 0 Å². The van der Waals surface area contributed by atoms with Crippen LogP contribution in [-0.4, -0.2) is 47.3 Å². The highest BCUT2D eigenvalue weighted by Gasteiger charge is 2.35. The van der Waals surface area contributed by atoms with Crippen LogP contribution in [0.3, 0.4) is 0 Å². The molecule has 2 saturated heterocycles. The summed E-state index contributed by atoms with van der Waals surface area (Å²) >= 11 is 0. The molecule has 1 aromatic carbocycles. The maximum atomic E-state index is 4.49. The predicted molar refractivity (Wildman–Crippen MR) is 88.9 cm³/mol. The minimum absolute atomic E-state index is 0.670. The Morgan fingerprint density at radius 3 is 2.27 bits per heavy atom. The molecule has 0 N–H and O–H groups in total. The first-order chi connectivity index (χ1) is 10.8. The number of rotatable bonds is 2. The SMILES string of the molecule is CN1C2CCCC1CN(c1ccc(-c3ccccc3)nn1)C2. The first-order valence-electron chi connectivity index (χ1n) is 8.17. The van der Waals surface area contributed by atoms with Crippen molar-refractivity contribution < 1.29 is 0 Å². The van der Waals surface area contributed by atoms with Crippen molar-refractivity contribution in [3.63, 3.8) is 0 Å². The number of piperidine rings is 1. The number of hydrogen-bond donors (Lipinski definition) is 0. The molecule has 114 valence electrons. The molecule has 4 nitrogen and oxygen atoms in total. The minimum atomic E-state index is 0.670. The number of aromatic nitrogens is 2. The molecule has 0 aliphatic carbocycles. The van der Waals surface area contributed by atoms with E-state index in [1.807, 2.05) is 18.2 Å². The van der Waals surface area contributed by atoms with Crippen molar-refractivity contribution in [2.45, 2.75) is 31.3 Å². The molecule has 2 bridgehead atoms. The maximum absolute atomic E-state index is 4.49. The van der Waals surface area contributed by atoms with E-state index in [4.69, 9.17) is 0 Å². The Hall–Kier alpha value is -1.94. The summed E-state index contributed by atoms with van der Waals surface area (Å²) in [4.78, 5) is 4.97. The second kappa shape index (κ2) is 5.69. The van der Waals surface area contributed by atoms with Crippen LogP contribution >= 0.6 is 0 Å². The molecular weight excluding hydrogens is 272 g/mol. The quantitative estimate of drug-likeness (QED) is 0.852. The van der Waals surface area contributed by atoms with Crippen LogP contribution in [0.2, 0.25) is 0 Å². The number of fused-ring (bicyclic) bond motifs is 2. The third kappa shape index (κ3) is 2.48. The standard InChI is InChI=1S/C18H22N4/c1-21-15-8-5-9-16(21)13-22(12-15)18-11-10-17(19-20-18)14-6-3-2-4-7-14/h2-4,6-7,10-11,15-16H,5,8-9,12-13H2,1H3. The number of piperazine rings is 1. The summed E-state index contributed by atoms with van der Waals surface area (Å²) in [6.07, 6.45) is 3.98. The topological polar surface area (TPSA) is 32.3 Å². The molecule has 4 rings (SSSR count). The lowest BCUT2D eigenvalue weighted by molar-refractivity contribution is 0.0946. The summed E-state index contributed by atoms with van der Waals surface area (Å²) in [6.45, 7) is 2.15. The highest BCUT2D eigenvalue weighted by molar-refractivity contribution is 5.59. The zero-order chi connectivity index (χ0) is 14.9. The first kappa shape index (κ1) is 13.7. The largest absolute Gasteiger partial charge is 0.352 e. The molecule has 0 radical (unpaired) electrons. The van der Waals surface area contributed by atoms with Crippen LogP contribution in [0.4, 0.5) is 5.82 Å². The van der Waals surface area contributed by atoms with E-state index in [2.05, 4.69) is 51.3 Å². The zero-order valence-electron chi connectivity index (χ0n) is 13.0. The van der Waals surface area contributed by atoms with Gasteiger partial charge >= 0.3 is 0 Å². The minimum Gasteiger partial charge on any atom is -0.352 e. The van der Waals surface area contributed by atoms with Gasteiger partial charge in [-0.05, 0) is 32.0 Å². The molecule has 0 saturated carbocycles. The van der Waals surface area contributed by atoms with Gasteiger partial charge in [0.25, 0.3) is 0 Å². The molecule has 0 amide bonds. The average Bonchev–Trinajstić information content (AvgIpc) is 2.56. The van der Waals surface area contributed by atoms with Gasteiger partial charge in [-0.1, -0.05) is 36.8 Å². The predicted octanol–water partition coefficient (Wildman–Crippen LogP) is 2.82. The molecule has 2 unspecified atom stereocenters. The first-order valence-corrected chi connectivity index (χ1v) is 8.17. The van der Waals surface area contributed by atoms with E-state index in [0.29, 0.717) is 12.1 Å². The summed E-state index contributed by atoms with van der Waals surface area (Å²) in [5, 5.41) is 8.92. The number of benzene rings is 1. The summed E-state index contributed by atoms with van der Waals surface area (Å²) in [6, 6.07) is 15.8. The summed E-state index contributed by atoms with van der Waals surface area (Å²) in [5.41, 5.74) is 2.07. The Morgan fingerprint density at radius 2 is 1.64 bits per heavy atom. The third-order valence-electron chi connectivity index (χ3n) is 5.13. The van der Waals surface area contributed by atoms with E-state index in [1.54, 1.807) is 0 Å². The molecule has 2 aliphatic rings. The third-order valence-corrected chi connectivity index (χ3v) is 5.13. The second-order valence-corrected chi connectivity index (χ2v) is 6.45. The van der Waals surface area contributed by atoms with Crippen molar-refractivity contribution >= 4 is 5.82 Å². The Kier molecular flexibility index (Phi) is 3.54. The fourth-order valence-corrected chi connectivity index (χ4v) is 3.76. The van der Waals surface area contributed by atoms with Gasteiger partial charge in [-0.25, -0.2) is 0 Å². The lowest BCUT2D eigenvalue weighted by atomic mass is 9.92. The second-order valence-electron chi connectivity index (χ2n) is 6.45. The Balaban J connectivity index is 1.54. The normalized spacial score (nSPS) is 25.2. The maximum Gasteiger partial charge on any atom is 0.151 e. The number of likely N-dealkylation sites (N-methyl/N-ethyl adjacent to an activating group) is 1. The number of nitrogens with zero attached hydrogens (tertiary/aromatic N) is 4. The molecule has 2 fully saturated rings. The fourth-order valence-electron chi connectivity index (χ4n) is 3.76. The monoisotopic (exact) mass is 294 g/mol. The van der Waals surface area contributed by atoms with Crippen molar-refractivity contribution in [2.24, 2.45) is 0 Å². The summed E-state index contributed by atoms with van der Waals surface area (Å²) in [5.74, 6) is 1.02. The van der Waals surface area contributed by atoms with Gasteiger partial charge in [0.05, 0.1) is 5.69 Å². The van der Waals surface area contributed by atoms with E-state index >= 15 is 0 Å². The van der Waals surface area contributed by atoms with E-state index in [1.165, 1.54) is 19.3 Å². The summed E-state index contributed by atoms with van der Waals surface area (Å²) in [7, 11) is 2.27. The molecule has 1 aromatic heterocycles. The van der Waals surface area contributed by atoms with E-state index in [0.717, 1.165) is 30.2 Å². The Labute approximate surface area is 131 Å². The number of hydrogen-bond acceptors (Lipinski definition) is 4. The van der Waals surface area contributed by atoms with Crippen LogP contribution in [0.15, 0.2) is 42.5 Å². The van der Waals surface area contributed by atoms with Gasteiger partial charge in [-0.15, -0.1) is 10.2 Å². The zero-order valence-corrected chi connectivity index (χ0v) is 13.0. The molecule has 2 aliphatic heterocycles. The van der Waals surface area contributed by atoms with Crippen molar-refractivity contribution in [3.05, 3.63) is 42.5 Å². The van der Waals surface area contributed by atoms with Crippen LogP contribution in [0.5, 0.6) is 0 Å². The molecule has 0 spiro atoms. The van der Waals surface area contributed by atoms with Crippen molar-refractivity contribution in [3.8, 4) is 11.3 Å². The van der Waals surface area contributed by atoms with E-state index in [-0.39, 0.29) is 0 Å². The van der Waals surface area contributed by atoms with E-state index in [9.17, 15) is 0 Å². The smallest absolute Gasteiger partial charge is 0.151 e. The molecular formula is C18H22N4. The molecule has 2 aromatic rings. The van der Waals surface area contributed by atoms with Crippen molar-refractivity contribution in [1.29, 1.82) is 0 Å². The highest BCUT2D eigenvalue weighted by Crippen LogP contribution is 2.29. The fraction of sp³-hybridized carbons (Fsp3) is 0.444. The van der Waals surface area contributed by atoms with Gasteiger partial charge in [-0.2, -0.15) is 0 Å². The van der Waals surface area contributed by atoms with Crippen molar-refractivity contribution in [1.82, 2.24) is 15.1 Å². The lowest BCUT2D eigenvalue weighted by Crippen LogP contribution is -2.59. The molecule has 4 heteroatoms. The Morgan fingerprint density at radius 1 is 0.909 bits per heavy atom. The van der Waals surface area contributed by atoms with Gasteiger partial charge in [0.15, 0.2) is 5.82 Å². The molecule has 2 atom stereocenters. The van der Waals surface area contributed by atoms with Gasteiger partial charge in [0.2, 0.25) is 0 Å². The Bertz CT molecular complexity index is 611. The van der Waals surface area contributed by atoms with Crippen LogP contribution < -0.4 is 4.90 Å². The van der Waals surface area contributed by atoms with Crippen LogP contribution in [0.25, 0.3) is 11.3 Å². The lowest BCUT2D eigenvalue weighted by Gasteiger charge is -2.48. The van der Waals surface area contributed by atoms with Crippen molar-refractivity contribution in [2.75, 3.05) is 25.0 Å². The molecule has 22 heavy (non-hydrogen) atoms. The summed E-state index contributed by atoms with van der Waals surface area (Å²) < 4.78 is 0. The van der Waals surface area contributed by atoms with Crippen LogP contribution in [-0.2, 0) is 0 Å². The van der Waals surface area contributed by atoms with E-state index < -0.39 is 0 Å².